The molecule has 0 amide bonds. The summed E-state index contributed by atoms with van der Waals surface area (Å²) in [4.78, 5) is 15.8. The third-order valence-corrected chi connectivity index (χ3v) is 8.70. The van der Waals surface area contributed by atoms with E-state index < -0.39 is 11.1 Å². The molecule has 3 heterocycles. The molecule has 2 aliphatic heterocycles. The van der Waals surface area contributed by atoms with Crippen molar-refractivity contribution in [3.05, 3.63) is 70.1 Å². The molecule has 34 heavy (non-hydrogen) atoms. The van der Waals surface area contributed by atoms with Crippen LogP contribution in [0.4, 0.5) is 0 Å². The zero-order valence-corrected chi connectivity index (χ0v) is 20.6. The molecule has 5 rings (SSSR count). The zero-order chi connectivity index (χ0) is 23.3. The van der Waals surface area contributed by atoms with Crippen LogP contribution in [0.25, 0.3) is 11.0 Å². The standard InChI is InChI=1S/C27H33N3O3S/c1-2-7-20-16-27(31)33-24-17-22(10-11-23(20)24)32-15-6-5-13-30-14-12-28-26(19-30)34-25-9-4-3-8-21(25)18-29-34/h3-4,8-11,16-18,26,28,34H,2,5-7,12-15,19H2,1H3. The molecule has 2 aliphatic rings. The number of nitrogens with one attached hydrogen (secondary N) is 1. The first-order valence-electron chi connectivity index (χ1n) is 12.3. The van der Waals surface area contributed by atoms with Crippen LogP contribution in [0.5, 0.6) is 5.75 Å². The van der Waals surface area contributed by atoms with Crippen LogP contribution < -0.4 is 15.7 Å². The first-order chi connectivity index (χ1) is 16.7. The minimum atomic E-state index is -0.519. The molecule has 0 saturated carbocycles. The lowest BCUT2D eigenvalue weighted by molar-refractivity contribution is 0.217. The summed E-state index contributed by atoms with van der Waals surface area (Å²) in [5, 5.41) is 5.12. The fourth-order valence-electron chi connectivity index (χ4n) is 4.80. The summed E-state index contributed by atoms with van der Waals surface area (Å²) in [5.41, 5.74) is 2.64. The van der Waals surface area contributed by atoms with Gasteiger partial charge in [0.05, 0.1) is 12.0 Å². The largest absolute Gasteiger partial charge is 0.493 e. The van der Waals surface area contributed by atoms with E-state index in [1.165, 1.54) is 10.5 Å². The van der Waals surface area contributed by atoms with Gasteiger partial charge in [0.25, 0.3) is 0 Å². The van der Waals surface area contributed by atoms with Crippen molar-refractivity contribution in [1.29, 1.82) is 0 Å². The van der Waals surface area contributed by atoms with Crippen molar-refractivity contribution in [1.82, 2.24) is 10.2 Å². The molecule has 0 radical (unpaired) electrons. The van der Waals surface area contributed by atoms with E-state index in [0.29, 0.717) is 17.6 Å². The minimum Gasteiger partial charge on any atom is -0.493 e. The number of benzene rings is 2. The normalized spacial score (nSPS) is 21.1. The topological polar surface area (TPSA) is 67.1 Å². The van der Waals surface area contributed by atoms with Crippen molar-refractivity contribution in [3.63, 3.8) is 0 Å². The second-order valence-electron chi connectivity index (χ2n) is 8.97. The lowest BCUT2D eigenvalue weighted by atomic mass is 10.1. The van der Waals surface area contributed by atoms with Crippen LogP contribution in [0.1, 0.15) is 37.3 Å². The molecule has 6 nitrogen and oxygen atoms in total. The quantitative estimate of drug-likeness (QED) is 0.268. The van der Waals surface area contributed by atoms with E-state index >= 15 is 0 Å². The van der Waals surface area contributed by atoms with Gasteiger partial charge in [-0.15, -0.1) is 11.1 Å². The molecular weight excluding hydrogens is 446 g/mol. The monoisotopic (exact) mass is 479 g/mol. The average Bonchev–Trinajstić information content (AvgIpc) is 3.28. The Kier molecular flexibility index (Phi) is 7.33. The van der Waals surface area contributed by atoms with E-state index in [-0.39, 0.29) is 5.63 Å². The summed E-state index contributed by atoms with van der Waals surface area (Å²) in [5.74, 6) is 0.757. The summed E-state index contributed by atoms with van der Waals surface area (Å²) in [7, 11) is 0. The van der Waals surface area contributed by atoms with Gasteiger partial charge in [-0.05, 0) is 49.6 Å². The van der Waals surface area contributed by atoms with Crippen LogP contribution in [0.15, 0.2) is 67.0 Å². The number of piperazine rings is 1. The Morgan fingerprint density at radius 2 is 2.12 bits per heavy atom. The van der Waals surface area contributed by atoms with Crippen molar-refractivity contribution in [2.45, 2.75) is 42.9 Å². The highest BCUT2D eigenvalue weighted by molar-refractivity contribution is 8.16. The average molecular weight is 480 g/mol. The summed E-state index contributed by atoms with van der Waals surface area (Å²) < 4.78 is 16.2. The first kappa shape index (κ1) is 23.1. The summed E-state index contributed by atoms with van der Waals surface area (Å²) in [6.07, 6.45) is 5.99. The Balaban J connectivity index is 1.09. The van der Waals surface area contributed by atoms with Crippen molar-refractivity contribution < 1.29 is 9.15 Å². The van der Waals surface area contributed by atoms with E-state index in [0.717, 1.165) is 68.6 Å². The SMILES string of the molecule is CCCc1cc(=O)oc2cc(OCCCCN3CCNC([SH]4N=Cc5ccccc54)C3)ccc12. The van der Waals surface area contributed by atoms with Crippen LogP contribution in [0.3, 0.4) is 0 Å². The van der Waals surface area contributed by atoms with Gasteiger partial charge in [0, 0.05) is 53.8 Å². The highest BCUT2D eigenvalue weighted by atomic mass is 32.2. The van der Waals surface area contributed by atoms with Crippen LogP contribution in [-0.4, -0.2) is 49.3 Å². The van der Waals surface area contributed by atoms with Gasteiger partial charge in [0.1, 0.15) is 11.3 Å². The summed E-state index contributed by atoms with van der Waals surface area (Å²) >= 11 is -0.519. The molecule has 1 saturated heterocycles. The maximum Gasteiger partial charge on any atom is 0.336 e. The van der Waals surface area contributed by atoms with Gasteiger partial charge in [-0.3, -0.25) is 4.90 Å². The number of ether oxygens (including phenoxy) is 1. The van der Waals surface area contributed by atoms with Gasteiger partial charge in [0.2, 0.25) is 0 Å². The van der Waals surface area contributed by atoms with Gasteiger partial charge in [-0.1, -0.05) is 31.5 Å². The van der Waals surface area contributed by atoms with E-state index in [4.69, 9.17) is 13.6 Å². The summed E-state index contributed by atoms with van der Waals surface area (Å²) in [6, 6.07) is 16.0. The number of hydrogen-bond acceptors (Lipinski definition) is 6. The predicted octanol–water partition coefficient (Wildman–Crippen LogP) is 4.54. The smallest absolute Gasteiger partial charge is 0.336 e. The first-order valence-corrected chi connectivity index (χ1v) is 13.7. The molecule has 1 aromatic heterocycles. The second kappa shape index (κ2) is 10.8. The molecule has 2 atom stereocenters. The van der Waals surface area contributed by atoms with Gasteiger partial charge in [0.15, 0.2) is 0 Å². The molecule has 7 heteroatoms. The van der Waals surface area contributed by atoms with E-state index in [1.54, 1.807) is 6.07 Å². The minimum absolute atomic E-state index is 0.296. The van der Waals surface area contributed by atoms with Gasteiger partial charge >= 0.3 is 5.63 Å². The van der Waals surface area contributed by atoms with Crippen molar-refractivity contribution in [2.24, 2.45) is 4.40 Å². The number of aryl methyl sites for hydroxylation is 1. The summed E-state index contributed by atoms with van der Waals surface area (Å²) in [6.45, 7) is 6.98. The lowest BCUT2D eigenvalue weighted by Crippen LogP contribution is -2.50. The van der Waals surface area contributed by atoms with E-state index in [1.807, 2.05) is 24.4 Å². The Morgan fingerprint density at radius 3 is 3.03 bits per heavy atom. The number of fused-ring (bicyclic) bond motifs is 2. The molecular formula is C27H33N3O3S. The van der Waals surface area contributed by atoms with E-state index in [9.17, 15) is 4.79 Å². The van der Waals surface area contributed by atoms with Gasteiger partial charge in [-0.2, -0.15) is 0 Å². The Morgan fingerprint density at radius 1 is 1.21 bits per heavy atom. The number of nitrogens with zero attached hydrogens (tertiary/aromatic N) is 2. The molecule has 1 fully saturated rings. The highest BCUT2D eigenvalue weighted by Crippen LogP contribution is 2.47. The zero-order valence-electron chi connectivity index (χ0n) is 19.7. The van der Waals surface area contributed by atoms with Crippen molar-refractivity contribution in [2.75, 3.05) is 32.8 Å². The molecule has 180 valence electrons. The van der Waals surface area contributed by atoms with Crippen LogP contribution in [-0.2, 0) is 6.42 Å². The number of unbranched alkanes of at least 4 members (excludes halogenated alkanes) is 1. The third kappa shape index (κ3) is 5.22. The molecule has 0 bridgehead atoms. The highest BCUT2D eigenvalue weighted by Gasteiger charge is 2.28. The Hall–Kier alpha value is -2.61. The van der Waals surface area contributed by atoms with Gasteiger partial charge < -0.3 is 14.5 Å². The lowest BCUT2D eigenvalue weighted by Gasteiger charge is -2.37. The maximum absolute atomic E-state index is 11.9. The maximum atomic E-state index is 11.9. The molecule has 0 spiro atoms. The number of hydrogen-bond donors (Lipinski definition) is 2. The van der Waals surface area contributed by atoms with E-state index in [2.05, 4.69) is 41.4 Å². The molecule has 2 unspecified atom stereocenters. The second-order valence-corrected chi connectivity index (χ2v) is 11.0. The molecule has 2 aromatic carbocycles. The fourth-order valence-corrected chi connectivity index (χ4v) is 6.99. The predicted molar refractivity (Wildman–Crippen MR) is 141 cm³/mol. The number of rotatable bonds is 9. The Labute approximate surface area is 203 Å². The fraction of sp³-hybridized carbons (Fsp3) is 0.407. The van der Waals surface area contributed by atoms with Crippen molar-refractivity contribution >= 4 is 28.3 Å². The molecule has 0 aliphatic carbocycles. The number of thiol groups is 1. The molecule has 3 aromatic rings. The van der Waals surface area contributed by atoms with Gasteiger partial charge in [-0.25, -0.2) is 9.19 Å². The third-order valence-electron chi connectivity index (χ3n) is 6.50. The van der Waals surface area contributed by atoms with Crippen LogP contribution >= 0.6 is 11.1 Å². The Bertz CT molecular complexity index is 1230. The van der Waals surface area contributed by atoms with Crippen LogP contribution in [0, 0.1) is 0 Å². The van der Waals surface area contributed by atoms with Crippen LogP contribution in [0.2, 0.25) is 0 Å². The van der Waals surface area contributed by atoms with Crippen molar-refractivity contribution in [3.8, 4) is 5.75 Å². The molecule has 1 N–H and O–H groups in total.